The predicted molar refractivity (Wildman–Crippen MR) is 109 cm³/mol. The highest BCUT2D eigenvalue weighted by atomic mass is 16.5. The van der Waals surface area contributed by atoms with Gasteiger partial charge in [0.05, 0.1) is 30.3 Å². The van der Waals surface area contributed by atoms with E-state index >= 15 is 0 Å². The molecule has 0 radical (unpaired) electrons. The van der Waals surface area contributed by atoms with Gasteiger partial charge in [0, 0.05) is 11.6 Å². The summed E-state index contributed by atoms with van der Waals surface area (Å²) in [5.74, 6) is 1.63. The number of benzene rings is 2. The van der Waals surface area contributed by atoms with Gasteiger partial charge in [-0.25, -0.2) is 4.98 Å². The zero-order chi connectivity index (χ0) is 20.1. The first-order valence-electron chi connectivity index (χ1n) is 8.85. The fourth-order valence-electron chi connectivity index (χ4n) is 2.91. The minimum Gasteiger partial charge on any atom is -0.504 e. The number of hydrogen-bond donors (Lipinski definition) is 2. The van der Waals surface area contributed by atoms with Gasteiger partial charge in [0.25, 0.3) is 0 Å². The summed E-state index contributed by atoms with van der Waals surface area (Å²) in [5, 5.41) is 20.0. The van der Waals surface area contributed by atoms with Crippen molar-refractivity contribution in [3.8, 4) is 23.3 Å². The standard InChI is InChI=1S/C22H21N3O3/c1-4-6-15-9-14(11-20(21(15)26)28-5-2)10-16(13-23)22-24-18-8-7-17(27-3)12-19(18)25-22/h4,7-12,26H,1,5-6H2,2-3H3,(H,24,25)/b16-10-. The van der Waals surface area contributed by atoms with E-state index in [0.717, 1.165) is 16.6 Å². The Hall–Kier alpha value is -3.72. The van der Waals surface area contributed by atoms with Gasteiger partial charge in [-0.15, -0.1) is 6.58 Å². The second-order valence-corrected chi connectivity index (χ2v) is 6.09. The lowest BCUT2D eigenvalue weighted by molar-refractivity contribution is 0.317. The largest absolute Gasteiger partial charge is 0.504 e. The lowest BCUT2D eigenvalue weighted by Crippen LogP contribution is -1.95. The van der Waals surface area contributed by atoms with Gasteiger partial charge in [-0.05, 0) is 49.2 Å². The molecular weight excluding hydrogens is 354 g/mol. The van der Waals surface area contributed by atoms with Gasteiger partial charge < -0.3 is 19.6 Å². The smallest absolute Gasteiger partial charge is 0.161 e. The number of methoxy groups -OCH3 is 1. The maximum atomic E-state index is 10.3. The molecule has 3 aromatic rings. The number of allylic oxidation sites excluding steroid dienone is 2. The van der Waals surface area contributed by atoms with E-state index in [4.69, 9.17) is 9.47 Å². The van der Waals surface area contributed by atoms with Crippen LogP contribution in [0.3, 0.4) is 0 Å². The molecule has 0 spiro atoms. The first-order valence-corrected chi connectivity index (χ1v) is 8.85. The number of H-pyrrole nitrogens is 1. The Bertz CT molecular complexity index is 1090. The number of rotatable bonds is 7. The van der Waals surface area contributed by atoms with Gasteiger partial charge in [-0.2, -0.15) is 5.26 Å². The molecule has 0 bridgehead atoms. The zero-order valence-corrected chi connectivity index (χ0v) is 15.8. The van der Waals surface area contributed by atoms with E-state index in [1.807, 2.05) is 31.2 Å². The van der Waals surface area contributed by atoms with Gasteiger partial charge >= 0.3 is 0 Å². The highest BCUT2D eigenvalue weighted by Crippen LogP contribution is 2.34. The van der Waals surface area contributed by atoms with Gasteiger partial charge in [0.15, 0.2) is 11.5 Å². The van der Waals surface area contributed by atoms with E-state index < -0.39 is 0 Å². The Morgan fingerprint density at radius 3 is 2.86 bits per heavy atom. The van der Waals surface area contributed by atoms with Crippen molar-refractivity contribution < 1.29 is 14.6 Å². The summed E-state index contributed by atoms with van der Waals surface area (Å²) in [4.78, 5) is 7.65. The van der Waals surface area contributed by atoms with E-state index in [0.29, 0.717) is 41.5 Å². The number of aromatic amines is 1. The SMILES string of the molecule is C=CCc1cc(/C=C(/C#N)c2nc3ccc(OC)cc3[nH]2)cc(OCC)c1O. The molecule has 0 aliphatic carbocycles. The van der Waals surface area contributed by atoms with Crippen LogP contribution in [0.25, 0.3) is 22.7 Å². The second-order valence-electron chi connectivity index (χ2n) is 6.09. The number of nitriles is 1. The Morgan fingerprint density at radius 2 is 2.18 bits per heavy atom. The van der Waals surface area contributed by atoms with Crippen LogP contribution in [0.4, 0.5) is 0 Å². The number of fused-ring (bicyclic) bond motifs is 1. The maximum absolute atomic E-state index is 10.3. The lowest BCUT2D eigenvalue weighted by Gasteiger charge is -2.11. The minimum absolute atomic E-state index is 0.0910. The van der Waals surface area contributed by atoms with E-state index in [-0.39, 0.29) is 5.75 Å². The number of aromatic hydroxyl groups is 1. The third-order valence-corrected chi connectivity index (χ3v) is 4.22. The molecule has 0 aliphatic heterocycles. The van der Waals surface area contributed by atoms with Crippen molar-refractivity contribution in [2.45, 2.75) is 13.3 Å². The fourth-order valence-corrected chi connectivity index (χ4v) is 2.91. The molecule has 0 fully saturated rings. The molecule has 1 aromatic heterocycles. The predicted octanol–water partition coefficient (Wildman–Crippen LogP) is 4.47. The molecule has 2 aromatic carbocycles. The van der Waals surface area contributed by atoms with Crippen LogP contribution in [0, 0.1) is 11.3 Å². The number of nitrogens with zero attached hydrogens (tertiary/aromatic N) is 2. The Balaban J connectivity index is 2.07. The summed E-state index contributed by atoms with van der Waals surface area (Å²) >= 11 is 0. The van der Waals surface area contributed by atoms with Crippen molar-refractivity contribution in [1.82, 2.24) is 9.97 Å². The van der Waals surface area contributed by atoms with Crippen LogP contribution >= 0.6 is 0 Å². The summed E-state index contributed by atoms with van der Waals surface area (Å²) in [5.41, 5.74) is 3.30. The van der Waals surface area contributed by atoms with Crippen molar-refractivity contribution >= 4 is 22.7 Å². The van der Waals surface area contributed by atoms with Crippen molar-refractivity contribution in [2.75, 3.05) is 13.7 Å². The number of phenolic OH excluding ortho intramolecular Hbond substituents is 1. The molecule has 28 heavy (non-hydrogen) atoms. The average molecular weight is 375 g/mol. The van der Waals surface area contributed by atoms with Crippen molar-refractivity contribution in [3.63, 3.8) is 0 Å². The zero-order valence-electron chi connectivity index (χ0n) is 15.8. The highest BCUT2D eigenvalue weighted by molar-refractivity contribution is 5.91. The summed E-state index contributed by atoms with van der Waals surface area (Å²) in [6.45, 7) is 5.99. The molecule has 0 unspecified atom stereocenters. The van der Waals surface area contributed by atoms with Gasteiger partial charge in [-0.3, -0.25) is 0 Å². The fraction of sp³-hybridized carbons (Fsp3) is 0.182. The highest BCUT2D eigenvalue weighted by Gasteiger charge is 2.12. The summed E-state index contributed by atoms with van der Waals surface area (Å²) in [6, 6.07) is 11.2. The number of nitrogens with one attached hydrogen (secondary N) is 1. The monoisotopic (exact) mass is 375 g/mol. The lowest BCUT2D eigenvalue weighted by atomic mass is 10.0. The number of ether oxygens (including phenoxy) is 2. The molecular formula is C22H21N3O3. The third-order valence-electron chi connectivity index (χ3n) is 4.22. The summed E-state index contributed by atoms with van der Waals surface area (Å²) < 4.78 is 10.7. The average Bonchev–Trinajstić information content (AvgIpc) is 3.12. The van der Waals surface area contributed by atoms with Gasteiger partial charge in [0.1, 0.15) is 17.6 Å². The third kappa shape index (κ3) is 3.84. The van der Waals surface area contributed by atoms with Gasteiger partial charge in [-0.1, -0.05) is 6.08 Å². The number of phenols is 1. The molecule has 2 N–H and O–H groups in total. The van der Waals surface area contributed by atoms with E-state index in [1.165, 1.54) is 0 Å². The molecule has 0 saturated heterocycles. The Labute approximate surface area is 163 Å². The molecule has 1 heterocycles. The van der Waals surface area contributed by atoms with Crippen LogP contribution in [0.5, 0.6) is 17.2 Å². The first-order chi connectivity index (χ1) is 13.6. The second kappa shape index (κ2) is 8.31. The van der Waals surface area contributed by atoms with Crippen molar-refractivity contribution in [2.24, 2.45) is 0 Å². The summed E-state index contributed by atoms with van der Waals surface area (Å²) in [6.07, 6.45) is 3.90. The van der Waals surface area contributed by atoms with Crippen molar-refractivity contribution in [3.05, 3.63) is 59.9 Å². The molecule has 142 valence electrons. The van der Waals surface area contributed by atoms with Gasteiger partial charge in [0.2, 0.25) is 0 Å². The molecule has 6 heteroatoms. The molecule has 6 nitrogen and oxygen atoms in total. The summed E-state index contributed by atoms with van der Waals surface area (Å²) in [7, 11) is 1.60. The van der Waals surface area contributed by atoms with Crippen LogP contribution in [0.1, 0.15) is 23.9 Å². The molecule has 0 aliphatic rings. The maximum Gasteiger partial charge on any atom is 0.161 e. The topological polar surface area (TPSA) is 91.2 Å². The number of imidazole rings is 1. The Kier molecular flexibility index (Phi) is 5.66. The molecule has 0 saturated carbocycles. The van der Waals surface area contributed by atoms with Crippen LogP contribution < -0.4 is 9.47 Å². The van der Waals surface area contributed by atoms with Crippen LogP contribution in [0.15, 0.2) is 43.0 Å². The minimum atomic E-state index is 0.0910. The van der Waals surface area contributed by atoms with Crippen LogP contribution in [-0.2, 0) is 6.42 Å². The molecule has 3 rings (SSSR count). The quantitative estimate of drug-likeness (QED) is 0.470. The van der Waals surface area contributed by atoms with Crippen molar-refractivity contribution in [1.29, 1.82) is 5.26 Å². The Morgan fingerprint density at radius 1 is 1.36 bits per heavy atom. The van der Waals surface area contributed by atoms with E-state index in [2.05, 4.69) is 22.6 Å². The molecule has 0 amide bonds. The van der Waals surface area contributed by atoms with Crippen LogP contribution in [-0.4, -0.2) is 28.8 Å². The normalized spacial score (nSPS) is 11.2. The van der Waals surface area contributed by atoms with E-state index in [9.17, 15) is 10.4 Å². The number of hydrogen-bond acceptors (Lipinski definition) is 5. The molecule has 0 atom stereocenters. The van der Waals surface area contributed by atoms with Crippen LogP contribution in [0.2, 0.25) is 0 Å². The van der Waals surface area contributed by atoms with E-state index in [1.54, 1.807) is 25.3 Å². The number of aromatic nitrogens is 2. The first kappa shape index (κ1) is 19.1.